The van der Waals surface area contributed by atoms with Crippen LogP contribution in [-0.2, 0) is 10.0 Å². The van der Waals surface area contributed by atoms with Gasteiger partial charge in [-0.05, 0) is 80.9 Å². The van der Waals surface area contributed by atoms with Crippen LogP contribution in [-0.4, -0.2) is 27.5 Å². The van der Waals surface area contributed by atoms with Crippen molar-refractivity contribution in [3.8, 4) is 11.5 Å². The monoisotopic (exact) mass is 488 g/mol. The van der Waals surface area contributed by atoms with Gasteiger partial charge in [-0.25, -0.2) is 8.42 Å². The fraction of sp³-hybridized carbons (Fsp3) is 0.208. The van der Waals surface area contributed by atoms with Gasteiger partial charge in [0.1, 0.15) is 0 Å². The largest absolute Gasteiger partial charge is 0.490 e. The number of nitrogens with one attached hydrogen (secondary N) is 2. The molecule has 0 heterocycles. The molecule has 2 N–H and O–H groups in total. The van der Waals surface area contributed by atoms with E-state index in [0.29, 0.717) is 52.2 Å². The number of hydrogen-bond acceptors (Lipinski definition) is 5. The summed E-state index contributed by atoms with van der Waals surface area (Å²) in [6, 6.07) is 15.8. The highest BCUT2D eigenvalue weighted by Crippen LogP contribution is 2.29. The van der Waals surface area contributed by atoms with Crippen molar-refractivity contribution in [3.05, 3.63) is 76.8 Å². The Hall–Kier alpha value is -3.23. The van der Waals surface area contributed by atoms with Crippen molar-refractivity contribution in [2.45, 2.75) is 25.7 Å². The minimum absolute atomic E-state index is 0.0552. The predicted octanol–water partition coefficient (Wildman–Crippen LogP) is 5.50. The van der Waals surface area contributed by atoms with Gasteiger partial charge in [-0.3, -0.25) is 9.52 Å². The Morgan fingerprint density at radius 1 is 0.939 bits per heavy atom. The van der Waals surface area contributed by atoms with Gasteiger partial charge in [-0.2, -0.15) is 0 Å². The van der Waals surface area contributed by atoms with Crippen LogP contribution in [0.2, 0.25) is 5.02 Å². The molecule has 0 spiro atoms. The topological polar surface area (TPSA) is 93.7 Å². The second kappa shape index (κ2) is 10.6. The first-order chi connectivity index (χ1) is 15.7. The SMILES string of the molecule is CCOc1ccc(C(=O)Nc2ccc(S(=O)(=O)Nc3cccc(Cl)c3C)cc2)cc1OCC. The van der Waals surface area contributed by atoms with Gasteiger partial charge >= 0.3 is 0 Å². The average molecular weight is 489 g/mol. The quantitative estimate of drug-likeness (QED) is 0.415. The van der Waals surface area contributed by atoms with Gasteiger partial charge in [0.05, 0.1) is 23.8 Å². The summed E-state index contributed by atoms with van der Waals surface area (Å²) in [6.45, 7) is 6.36. The summed E-state index contributed by atoms with van der Waals surface area (Å²) in [5, 5.41) is 3.22. The Balaban J connectivity index is 1.74. The van der Waals surface area contributed by atoms with E-state index in [2.05, 4.69) is 10.0 Å². The first-order valence-electron chi connectivity index (χ1n) is 10.3. The van der Waals surface area contributed by atoms with Crippen LogP contribution in [0.3, 0.4) is 0 Å². The summed E-state index contributed by atoms with van der Waals surface area (Å²) < 4.78 is 39.1. The van der Waals surface area contributed by atoms with Gasteiger partial charge in [0.2, 0.25) is 0 Å². The second-order valence-electron chi connectivity index (χ2n) is 7.02. The lowest BCUT2D eigenvalue weighted by molar-refractivity contribution is 0.102. The molecule has 0 bridgehead atoms. The van der Waals surface area contributed by atoms with Crippen molar-refractivity contribution in [3.63, 3.8) is 0 Å². The lowest BCUT2D eigenvalue weighted by Gasteiger charge is -2.13. The summed E-state index contributed by atoms with van der Waals surface area (Å²) in [5.41, 5.74) is 1.87. The molecule has 9 heteroatoms. The van der Waals surface area contributed by atoms with E-state index in [1.54, 1.807) is 43.3 Å². The highest BCUT2D eigenvalue weighted by molar-refractivity contribution is 7.92. The van der Waals surface area contributed by atoms with Gasteiger partial charge in [0.25, 0.3) is 15.9 Å². The van der Waals surface area contributed by atoms with E-state index in [0.717, 1.165) is 0 Å². The lowest BCUT2D eigenvalue weighted by atomic mass is 10.2. The molecule has 0 saturated heterocycles. The number of halogens is 1. The number of amides is 1. The number of sulfonamides is 1. The molecular weight excluding hydrogens is 464 g/mol. The molecule has 0 fully saturated rings. The maximum absolute atomic E-state index is 12.7. The van der Waals surface area contributed by atoms with Crippen LogP contribution >= 0.6 is 11.6 Å². The number of hydrogen-bond donors (Lipinski definition) is 2. The zero-order valence-corrected chi connectivity index (χ0v) is 20.1. The molecule has 3 aromatic rings. The summed E-state index contributed by atoms with van der Waals surface area (Å²) in [5.74, 6) is 0.686. The van der Waals surface area contributed by atoms with Gasteiger partial charge in [0, 0.05) is 16.3 Å². The van der Waals surface area contributed by atoms with E-state index < -0.39 is 10.0 Å². The maximum atomic E-state index is 12.7. The molecule has 3 aromatic carbocycles. The minimum atomic E-state index is -3.82. The molecule has 0 aromatic heterocycles. The number of carbonyl (C=O) groups excluding carboxylic acids is 1. The van der Waals surface area contributed by atoms with Crippen molar-refractivity contribution < 1.29 is 22.7 Å². The summed E-state index contributed by atoms with van der Waals surface area (Å²) in [4.78, 5) is 12.7. The third kappa shape index (κ3) is 5.97. The van der Waals surface area contributed by atoms with Crippen molar-refractivity contribution in [1.82, 2.24) is 0 Å². The van der Waals surface area contributed by atoms with Crippen LogP contribution in [0.4, 0.5) is 11.4 Å². The maximum Gasteiger partial charge on any atom is 0.261 e. The normalized spacial score (nSPS) is 11.0. The molecule has 0 aliphatic rings. The van der Waals surface area contributed by atoms with Crippen LogP contribution in [0.15, 0.2) is 65.6 Å². The first-order valence-corrected chi connectivity index (χ1v) is 12.2. The number of ether oxygens (including phenoxy) is 2. The Labute approximate surface area is 198 Å². The number of rotatable bonds is 9. The zero-order valence-electron chi connectivity index (χ0n) is 18.5. The molecule has 0 radical (unpaired) electrons. The molecule has 0 saturated carbocycles. The Morgan fingerprint density at radius 2 is 1.61 bits per heavy atom. The summed E-state index contributed by atoms with van der Waals surface area (Å²) in [7, 11) is -3.82. The minimum Gasteiger partial charge on any atom is -0.490 e. The van der Waals surface area contributed by atoms with E-state index in [9.17, 15) is 13.2 Å². The second-order valence-corrected chi connectivity index (χ2v) is 9.11. The predicted molar refractivity (Wildman–Crippen MR) is 130 cm³/mol. The third-order valence-electron chi connectivity index (χ3n) is 4.74. The van der Waals surface area contributed by atoms with E-state index in [4.69, 9.17) is 21.1 Å². The fourth-order valence-corrected chi connectivity index (χ4v) is 4.33. The molecule has 3 rings (SSSR count). The first kappa shape index (κ1) is 24.4. The molecule has 1 amide bonds. The third-order valence-corrected chi connectivity index (χ3v) is 6.53. The fourth-order valence-electron chi connectivity index (χ4n) is 3.03. The summed E-state index contributed by atoms with van der Waals surface area (Å²) >= 11 is 6.07. The molecule has 174 valence electrons. The van der Waals surface area contributed by atoms with Crippen LogP contribution < -0.4 is 19.5 Å². The van der Waals surface area contributed by atoms with Gasteiger partial charge in [-0.15, -0.1) is 0 Å². The number of benzene rings is 3. The van der Waals surface area contributed by atoms with Crippen LogP contribution in [0.1, 0.15) is 29.8 Å². The zero-order chi connectivity index (χ0) is 24.0. The van der Waals surface area contributed by atoms with Gasteiger partial charge in [-0.1, -0.05) is 17.7 Å². The van der Waals surface area contributed by atoms with Crippen molar-refractivity contribution >= 4 is 38.9 Å². The van der Waals surface area contributed by atoms with Crippen LogP contribution in [0.5, 0.6) is 11.5 Å². The molecule has 33 heavy (non-hydrogen) atoms. The Kier molecular flexibility index (Phi) is 7.84. The molecule has 7 nitrogen and oxygen atoms in total. The Morgan fingerprint density at radius 3 is 2.27 bits per heavy atom. The van der Waals surface area contributed by atoms with Crippen molar-refractivity contribution in [2.75, 3.05) is 23.3 Å². The van der Waals surface area contributed by atoms with Gasteiger partial charge < -0.3 is 14.8 Å². The van der Waals surface area contributed by atoms with Crippen molar-refractivity contribution in [1.29, 1.82) is 0 Å². The summed E-state index contributed by atoms with van der Waals surface area (Å²) in [6.07, 6.45) is 0. The smallest absolute Gasteiger partial charge is 0.261 e. The highest BCUT2D eigenvalue weighted by atomic mass is 35.5. The van der Waals surface area contributed by atoms with E-state index >= 15 is 0 Å². The van der Waals surface area contributed by atoms with Crippen LogP contribution in [0.25, 0.3) is 0 Å². The lowest BCUT2D eigenvalue weighted by Crippen LogP contribution is -2.15. The van der Waals surface area contributed by atoms with E-state index in [-0.39, 0.29) is 10.8 Å². The molecule has 0 aliphatic carbocycles. The molecule has 0 atom stereocenters. The average Bonchev–Trinajstić information content (AvgIpc) is 2.78. The standard InChI is InChI=1S/C24H25ClN2O5S/c1-4-31-22-14-9-17(15-23(22)32-5-2)24(28)26-18-10-12-19(13-11-18)33(29,30)27-21-8-6-7-20(25)16(21)3/h6-15,27H,4-5H2,1-3H3,(H,26,28). The molecule has 0 unspecified atom stereocenters. The molecule has 0 aliphatic heterocycles. The molecular formula is C24H25ClN2O5S. The number of carbonyl (C=O) groups is 1. The van der Waals surface area contributed by atoms with E-state index in [1.165, 1.54) is 24.3 Å². The van der Waals surface area contributed by atoms with Crippen molar-refractivity contribution in [2.24, 2.45) is 0 Å². The number of anilines is 2. The van der Waals surface area contributed by atoms with E-state index in [1.807, 2.05) is 13.8 Å². The Bertz CT molecular complexity index is 1240. The van der Waals surface area contributed by atoms with Crippen LogP contribution in [0, 0.1) is 6.92 Å². The highest BCUT2D eigenvalue weighted by Gasteiger charge is 2.17. The van der Waals surface area contributed by atoms with Gasteiger partial charge in [0.15, 0.2) is 11.5 Å².